The van der Waals surface area contributed by atoms with E-state index in [0.29, 0.717) is 36.4 Å². The molecule has 162 valence electrons. The molecule has 0 spiro atoms. The molecule has 0 bridgehead atoms. The Morgan fingerprint density at radius 3 is 2.55 bits per heavy atom. The first-order valence-corrected chi connectivity index (χ1v) is 10.1. The number of ether oxygens (including phenoxy) is 1. The summed E-state index contributed by atoms with van der Waals surface area (Å²) < 4.78 is 11.0. The number of anilines is 1. The Kier molecular flexibility index (Phi) is 7.09. The van der Waals surface area contributed by atoms with Gasteiger partial charge in [-0.25, -0.2) is 4.79 Å². The van der Waals surface area contributed by atoms with Crippen LogP contribution in [0.5, 0.6) is 0 Å². The van der Waals surface area contributed by atoms with E-state index in [1.165, 1.54) is 0 Å². The second kappa shape index (κ2) is 9.55. The van der Waals surface area contributed by atoms with Gasteiger partial charge in [-0.2, -0.15) is 0 Å². The third-order valence-corrected chi connectivity index (χ3v) is 5.64. The summed E-state index contributed by atoms with van der Waals surface area (Å²) in [5.41, 5.74) is 1.13. The van der Waals surface area contributed by atoms with Gasteiger partial charge in [-0.05, 0) is 33.7 Å². The molecule has 29 heavy (non-hydrogen) atoms. The lowest BCUT2D eigenvalue weighted by atomic mass is 9.97. The van der Waals surface area contributed by atoms with E-state index in [2.05, 4.69) is 20.7 Å². The van der Waals surface area contributed by atoms with E-state index in [-0.39, 0.29) is 24.7 Å². The van der Waals surface area contributed by atoms with Crippen LogP contribution in [-0.4, -0.2) is 90.1 Å². The van der Waals surface area contributed by atoms with Crippen molar-refractivity contribution in [2.45, 2.75) is 51.4 Å². The number of hydrogen-bond acceptors (Lipinski definition) is 7. The number of rotatable bonds is 5. The Hall–Kier alpha value is -2.17. The van der Waals surface area contributed by atoms with Crippen LogP contribution in [0.15, 0.2) is 4.52 Å². The third-order valence-electron chi connectivity index (χ3n) is 5.64. The molecule has 3 rings (SSSR count). The molecule has 0 saturated carbocycles. The number of urea groups is 1. The SMILES string of the molecule is Cc1noc(C)c1NC(=O)N[C@@H]1CC[C@H](CC(=O)N2CCN(C)CC2)O[C@@H]1CO. The Bertz CT molecular complexity index is 696. The number of likely N-dealkylation sites (N-methyl/N-ethyl adjacent to an activating group) is 1. The largest absolute Gasteiger partial charge is 0.394 e. The van der Waals surface area contributed by atoms with E-state index in [1.807, 2.05) is 11.9 Å². The smallest absolute Gasteiger partial charge is 0.319 e. The van der Waals surface area contributed by atoms with Crippen molar-refractivity contribution in [2.24, 2.45) is 0 Å². The van der Waals surface area contributed by atoms with Crippen LogP contribution in [0.4, 0.5) is 10.5 Å². The molecule has 3 amide bonds. The minimum Gasteiger partial charge on any atom is -0.394 e. The first-order chi connectivity index (χ1) is 13.9. The maximum absolute atomic E-state index is 12.5. The fraction of sp³-hybridized carbons (Fsp3) is 0.737. The molecule has 3 heterocycles. The highest BCUT2D eigenvalue weighted by atomic mass is 16.5. The van der Waals surface area contributed by atoms with Crippen LogP contribution in [0, 0.1) is 13.8 Å². The molecule has 2 aliphatic rings. The maximum atomic E-state index is 12.5. The van der Waals surface area contributed by atoms with Crippen molar-refractivity contribution in [1.82, 2.24) is 20.3 Å². The fourth-order valence-electron chi connectivity index (χ4n) is 3.81. The van der Waals surface area contributed by atoms with E-state index >= 15 is 0 Å². The van der Waals surface area contributed by atoms with Crippen LogP contribution >= 0.6 is 0 Å². The summed E-state index contributed by atoms with van der Waals surface area (Å²) >= 11 is 0. The molecule has 0 aliphatic carbocycles. The lowest BCUT2D eigenvalue weighted by molar-refractivity contribution is -0.141. The van der Waals surface area contributed by atoms with E-state index in [9.17, 15) is 14.7 Å². The predicted octanol–water partition coefficient (Wildman–Crippen LogP) is 0.486. The molecule has 0 unspecified atom stereocenters. The number of hydrogen-bond donors (Lipinski definition) is 3. The lowest BCUT2D eigenvalue weighted by Crippen LogP contribution is -2.53. The number of amides is 3. The van der Waals surface area contributed by atoms with Crippen LogP contribution < -0.4 is 10.6 Å². The number of carbonyl (C=O) groups excluding carboxylic acids is 2. The van der Waals surface area contributed by atoms with E-state index in [1.54, 1.807) is 13.8 Å². The Morgan fingerprint density at radius 1 is 1.21 bits per heavy atom. The average molecular weight is 409 g/mol. The van der Waals surface area contributed by atoms with Gasteiger partial charge in [0.1, 0.15) is 17.5 Å². The zero-order valence-corrected chi connectivity index (χ0v) is 17.3. The van der Waals surface area contributed by atoms with Crippen molar-refractivity contribution in [3.63, 3.8) is 0 Å². The van der Waals surface area contributed by atoms with Gasteiger partial charge in [0, 0.05) is 26.2 Å². The highest BCUT2D eigenvalue weighted by Gasteiger charge is 2.34. The fourth-order valence-corrected chi connectivity index (χ4v) is 3.81. The Labute approximate surface area is 170 Å². The van der Waals surface area contributed by atoms with Gasteiger partial charge < -0.3 is 34.8 Å². The number of aliphatic hydroxyl groups excluding tert-OH is 1. The second-order valence-corrected chi connectivity index (χ2v) is 7.85. The van der Waals surface area contributed by atoms with Gasteiger partial charge in [-0.15, -0.1) is 0 Å². The molecule has 2 saturated heterocycles. The predicted molar refractivity (Wildman–Crippen MR) is 106 cm³/mol. The zero-order chi connectivity index (χ0) is 21.0. The summed E-state index contributed by atoms with van der Waals surface area (Å²) in [4.78, 5) is 29.0. The van der Waals surface area contributed by atoms with E-state index < -0.39 is 12.1 Å². The van der Waals surface area contributed by atoms with Gasteiger partial charge in [-0.1, -0.05) is 5.16 Å². The number of piperazine rings is 1. The summed E-state index contributed by atoms with van der Waals surface area (Å²) in [5, 5.41) is 19.1. The van der Waals surface area contributed by atoms with Crippen molar-refractivity contribution in [3.8, 4) is 0 Å². The van der Waals surface area contributed by atoms with Gasteiger partial charge in [0.25, 0.3) is 0 Å². The number of nitrogens with one attached hydrogen (secondary N) is 2. The third kappa shape index (κ3) is 5.46. The summed E-state index contributed by atoms with van der Waals surface area (Å²) in [7, 11) is 2.05. The molecule has 2 fully saturated rings. The molecular formula is C19H31N5O5. The van der Waals surface area contributed by atoms with Gasteiger partial charge >= 0.3 is 6.03 Å². The summed E-state index contributed by atoms with van der Waals surface area (Å²) in [6.07, 6.45) is 0.776. The van der Waals surface area contributed by atoms with E-state index in [0.717, 1.165) is 26.2 Å². The standard InChI is InChI=1S/C19H31N5O5/c1-12-18(13(2)29-22-12)21-19(27)20-15-5-4-14(28-16(15)11-25)10-17(26)24-8-6-23(3)7-9-24/h14-16,25H,4-11H2,1-3H3,(H2,20,21,27)/t14-,15-,16-/m1/s1. The number of aryl methyl sites for hydroxylation is 2. The molecule has 1 aromatic heterocycles. The van der Waals surface area contributed by atoms with E-state index in [4.69, 9.17) is 9.26 Å². The van der Waals surface area contributed by atoms with Crippen molar-refractivity contribution < 1.29 is 24.0 Å². The van der Waals surface area contributed by atoms with Gasteiger partial charge in [0.15, 0.2) is 5.76 Å². The highest BCUT2D eigenvalue weighted by molar-refractivity contribution is 5.90. The molecule has 3 atom stereocenters. The number of nitrogens with zero attached hydrogens (tertiary/aromatic N) is 3. The number of aromatic nitrogens is 1. The summed E-state index contributed by atoms with van der Waals surface area (Å²) in [6, 6.07) is -0.742. The normalized spacial score (nSPS) is 25.7. The number of aliphatic hydroxyl groups is 1. The zero-order valence-electron chi connectivity index (χ0n) is 17.3. The molecule has 0 radical (unpaired) electrons. The van der Waals surface area contributed by atoms with Crippen LogP contribution in [0.2, 0.25) is 0 Å². The molecule has 3 N–H and O–H groups in total. The quantitative estimate of drug-likeness (QED) is 0.647. The topological polar surface area (TPSA) is 120 Å². The van der Waals surface area contributed by atoms with Gasteiger partial charge in [-0.3, -0.25) is 4.79 Å². The molecule has 0 aromatic carbocycles. The van der Waals surface area contributed by atoms with Gasteiger partial charge in [0.2, 0.25) is 5.91 Å². The first-order valence-electron chi connectivity index (χ1n) is 10.1. The monoisotopic (exact) mass is 409 g/mol. The van der Waals surface area contributed by atoms with Crippen LogP contribution in [0.1, 0.15) is 30.7 Å². The Balaban J connectivity index is 1.49. The minimum absolute atomic E-state index is 0.0855. The minimum atomic E-state index is -0.551. The van der Waals surface area contributed by atoms with Crippen molar-refractivity contribution in [1.29, 1.82) is 0 Å². The van der Waals surface area contributed by atoms with Crippen LogP contribution in [0.3, 0.4) is 0 Å². The first kappa shape index (κ1) is 21.5. The van der Waals surface area contributed by atoms with Crippen molar-refractivity contribution in [2.75, 3.05) is 45.2 Å². The highest BCUT2D eigenvalue weighted by Crippen LogP contribution is 2.24. The molecule has 2 aliphatic heterocycles. The molecule has 10 nitrogen and oxygen atoms in total. The molecule has 1 aromatic rings. The molecular weight excluding hydrogens is 378 g/mol. The van der Waals surface area contributed by atoms with Gasteiger partial charge in [0.05, 0.1) is 25.2 Å². The summed E-state index contributed by atoms with van der Waals surface area (Å²) in [6.45, 7) is 6.46. The van der Waals surface area contributed by atoms with Crippen LogP contribution in [-0.2, 0) is 9.53 Å². The number of carbonyl (C=O) groups is 2. The molecule has 10 heteroatoms. The second-order valence-electron chi connectivity index (χ2n) is 7.85. The lowest BCUT2D eigenvalue weighted by Gasteiger charge is -2.37. The maximum Gasteiger partial charge on any atom is 0.319 e. The average Bonchev–Trinajstić information content (AvgIpc) is 3.01. The van der Waals surface area contributed by atoms with Crippen LogP contribution in [0.25, 0.3) is 0 Å². The summed E-state index contributed by atoms with van der Waals surface area (Å²) in [5.74, 6) is 0.612. The van der Waals surface area contributed by atoms with Crippen molar-refractivity contribution in [3.05, 3.63) is 11.5 Å². The van der Waals surface area contributed by atoms with Crippen molar-refractivity contribution >= 4 is 17.6 Å². The Morgan fingerprint density at radius 2 is 1.93 bits per heavy atom.